The first kappa shape index (κ1) is 8.69. The summed E-state index contributed by atoms with van der Waals surface area (Å²) in [5.74, 6) is -2.00. The largest absolute Gasteiger partial charge is 0.469 e. The van der Waals surface area contributed by atoms with E-state index in [0.717, 1.165) is 0 Å². The van der Waals surface area contributed by atoms with Crippen LogP contribution in [0.2, 0.25) is 0 Å². The quantitative estimate of drug-likeness (QED) is 0.447. The van der Waals surface area contributed by atoms with Crippen molar-refractivity contribution in [3.8, 4) is 0 Å². The van der Waals surface area contributed by atoms with Crippen molar-refractivity contribution in [2.75, 3.05) is 0 Å². The van der Waals surface area contributed by atoms with Gasteiger partial charge >= 0.3 is 12.1 Å². The van der Waals surface area contributed by atoms with Gasteiger partial charge in [-0.2, -0.15) is 13.2 Å². The number of hydrogen-bond donors (Lipinski definition) is 0. The van der Waals surface area contributed by atoms with Crippen LogP contribution in [0, 0.1) is 0 Å². The van der Waals surface area contributed by atoms with Crippen LogP contribution in [0.15, 0.2) is 0 Å². The number of hydrogen-bond acceptors (Lipinski definition) is 1. The molecule has 0 saturated carbocycles. The van der Waals surface area contributed by atoms with Crippen molar-refractivity contribution in [2.24, 2.45) is 0 Å². The molecule has 2 nitrogen and oxygen atoms in total. The molecule has 7 heteroatoms. The Morgan fingerprint density at radius 3 is 1.67 bits per heavy atom. The Labute approximate surface area is 56.0 Å². The molecule has 0 spiro atoms. The normalized spacial score (nSPS) is 11.2. The zero-order valence-electron chi connectivity index (χ0n) is 3.99. The Kier molecular flexibility index (Phi) is 2.44. The zero-order chi connectivity index (χ0) is 7.65. The van der Waals surface area contributed by atoms with Crippen molar-refractivity contribution in [1.82, 2.24) is 4.23 Å². The third kappa shape index (κ3) is 2.65. The smallest absolute Gasteiger partial charge is 0.391 e. The fourth-order valence-electron chi connectivity index (χ4n) is 0.127. The molecule has 0 bridgehead atoms. The van der Waals surface area contributed by atoms with Gasteiger partial charge in [0.15, 0.2) is 20.8 Å². The molecule has 0 aromatic heterocycles. The first-order valence-corrected chi connectivity index (χ1v) is 2.59. The van der Waals surface area contributed by atoms with Gasteiger partial charge in [0, 0.05) is 0 Å². The predicted octanol–water partition coefficient (Wildman–Crippen LogP) is -0.456. The average Bonchev–Trinajstić information content (AvgIpc) is 1.62. The molecule has 0 aromatic rings. The van der Waals surface area contributed by atoms with Crippen molar-refractivity contribution in [3.05, 3.63) is 0 Å². The van der Waals surface area contributed by atoms with E-state index in [1.54, 1.807) is 0 Å². The molecular weight excluding hydrogens is 167 g/mol. The van der Waals surface area contributed by atoms with Gasteiger partial charge in [0.1, 0.15) is 0 Å². The molecule has 6 radical (unpaired) electrons. The van der Waals surface area contributed by atoms with Gasteiger partial charge in [-0.1, -0.05) is 0 Å². The van der Waals surface area contributed by atoms with Gasteiger partial charge in [-0.25, -0.2) is 0 Å². The Bertz CT molecular complexity index is 121. The summed E-state index contributed by atoms with van der Waals surface area (Å²) in [5, 5.41) is 0. The summed E-state index contributed by atoms with van der Waals surface area (Å²) in [6.45, 7) is 0. The van der Waals surface area contributed by atoms with E-state index < -0.39 is 12.1 Å². The fourth-order valence-corrected chi connectivity index (χ4v) is 0.380. The van der Waals surface area contributed by atoms with E-state index >= 15 is 0 Å². The van der Waals surface area contributed by atoms with E-state index in [-0.39, 0.29) is 4.23 Å². The van der Waals surface area contributed by atoms with Crippen LogP contribution in [0.3, 0.4) is 0 Å². The highest BCUT2D eigenvalue weighted by atomic mass is 28.2. The number of halogens is 3. The van der Waals surface area contributed by atoms with Gasteiger partial charge in [0.05, 0.1) is 0 Å². The maximum atomic E-state index is 11.2. The molecule has 9 heavy (non-hydrogen) atoms. The summed E-state index contributed by atoms with van der Waals surface area (Å²) in [6.07, 6.45) is -4.83. The van der Waals surface area contributed by atoms with Crippen molar-refractivity contribution < 1.29 is 18.0 Å². The summed E-state index contributed by atoms with van der Waals surface area (Å²) >= 11 is 0. The highest BCUT2D eigenvalue weighted by molar-refractivity contribution is 6.34. The lowest BCUT2D eigenvalue weighted by molar-refractivity contribution is -0.176. The molecule has 0 N–H and O–H groups in total. The molecule has 0 rings (SSSR count). The number of carbonyl (C=O) groups is 1. The Morgan fingerprint density at radius 1 is 1.33 bits per heavy atom. The molecule has 48 valence electrons. The molecule has 0 fully saturated rings. The minimum Gasteiger partial charge on any atom is -0.391 e. The van der Waals surface area contributed by atoms with E-state index in [1.807, 2.05) is 0 Å². The van der Waals surface area contributed by atoms with Gasteiger partial charge in [-0.05, 0) is 0 Å². The Hall–Kier alpha value is -0.306. The van der Waals surface area contributed by atoms with E-state index in [1.165, 1.54) is 0 Å². The Balaban J connectivity index is 4.06. The van der Waals surface area contributed by atoms with Crippen molar-refractivity contribution in [1.29, 1.82) is 0 Å². The summed E-state index contributed by atoms with van der Waals surface area (Å²) in [4.78, 5) is 9.87. The van der Waals surface area contributed by atoms with E-state index in [9.17, 15) is 18.0 Å². The highest BCUT2D eigenvalue weighted by Crippen LogP contribution is 2.15. The first-order valence-electron chi connectivity index (χ1n) is 1.69. The number of rotatable bonds is 0. The van der Waals surface area contributed by atoms with Crippen LogP contribution in [-0.2, 0) is 4.79 Å². The van der Waals surface area contributed by atoms with Gasteiger partial charge in [0.25, 0.3) is 0 Å². The molecule has 0 aliphatic carbocycles. The number of amides is 1. The van der Waals surface area contributed by atoms with Gasteiger partial charge < -0.3 is 4.23 Å². The lowest BCUT2D eigenvalue weighted by atomic mass is 10.6. The van der Waals surface area contributed by atoms with Crippen LogP contribution in [0.4, 0.5) is 13.2 Å². The van der Waals surface area contributed by atoms with Crippen LogP contribution in [0.25, 0.3) is 0 Å². The fraction of sp³-hybridized carbons (Fsp3) is 0.500. The molecule has 0 aliphatic heterocycles. The van der Waals surface area contributed by atoms with Crippen molar-refractivity contribution in [2.45, 2.75) is 6.18 Å². The topological polar surface area (TPSA) is 20.3 Å². The lowest BCUT2D eigenvalue weighted by Crippen LogP contribution is -2.37. The van der Waals surface area contributed by atoms with E-state index in [0.29, 0.717) is 0 Å². The second-order valence-corrected chi connectivity index (χ2v) is 2.48. The summed E-state index contributed by atoms with van der Waals surface area (Å²) in [5.41, 5.74) is 0. The summed E-state index contributed by atoms with van der Waals surface area (Å²) in [7, 11) is 4.60. The van der Waals surface area contributed by atoms with Crippen molar-refractivity contribution in [3.63, 3.8) is 0 Å². The molecule has 1 amide bonds. The second kappa shape index (κ2) is 2.52. The minimum absolute atomic E-state index is 0.0972. The first-order chi connectivity index (χ1) is 3.85. The molecule has 0 aliphatic rings. The molecule has 0 aromatic carbocycles. The van der Waals surface area contributed by atoms with E-state index in [2.05, 4.69) is 20.8 Å². The monoisotopic (exact) mass is 167 g/mol. The molecule has 0 heterocycles. The molecule has 0 saturated heterocycles. The highest BCUT2D eigenvalue weighted by Gasteiger charge is 2.39. The summed E-state index contributed by atoms with van der Waals surface area (Å²) in [6, 6.07) is 0. The standard InChI is InChI=1S/C2F3NOSi2/c3-2(4,5)1(7)6(8)9. The van der Waals surface area contributed by atoms with Gasteiger partial charge in [-0.15, -0.1) is 0 Å². The number of nitrogens with zero attached hydrogens (tertiary/aromatic N) is 1. The maximum Gasteiger partial charge on any atom is 0.469 e. The maximum absolute atomic E-state index is 11.2. The molecular formula is C2F3NOSi2. The third-order valence-electron chi connectivity index (χ3n) is 0.446. The van der Waals surface area contributed by atoms with Gasteiger partial charge in [0.2, 0.25) is 0 Å². The van der Waals surface area contributed by atoms with Crippen LogP contribution in [-0.4, -0.2) is 37.1 Å². The van der Waals surface area contributed by atoms with Crippen molar-refractivity contribution >= 4 is 26.7 Å². The zero-order valence-corrected chi connectivity index (χ0v) is 5.99. The van der Waals surface area contributed by atoms with Gasteiger partial charge in [-0.3, -0.25) is 4.79 Å². The van der Waals surface area contributed by atoms with Crippen LogP contribution in [0.1, 0.15) is 0 Å². The van der Waals surface area contributed by atoms with E-state index in [4.69, 9.17) is 0 Å². The average molecular weight is 167 g/mol. The number of carbonyl (C=O) groups excluding carboxylic acids is 1. The molecule has 0 atom stereocenters. The van der Waals surface area contributed by atoms with Crippen LogP contribution in [0.5, 0.6) is 0 Å². The van der Waals surface area contributed by atoms with Crippen LogP contribution >= 0.6 is 0 Å². The third-order valence-corrected chi connectivity index (χ3v) is 0.852. The second-order valence-electron chi connectivity index (χ2n) is 1.14. The minimum atomic E-state index is -4.83. The lowest BCUT2D eigenvalue weighted by Gasteiger charge is -2.11. The SMILES string of the molecule is O=C(N([Si])[Si])C(F)(F)F. The molecule has 0 unspecified atom stereocenters. The predicted molar refractivity (Wildman–Crippen MR) is 24.4 cm³/mol. The van der Waals surface area contributed by atoms with Crippen LogP contribution < -0.4 is 0 Å². The Morgan fingerprint density at radius 2 is 1.67 bits per heavy atom. The summed E-state index contributed by atoms with van der Waals surface area (Å²) < 4.78 is 33.8. The number of alkyl halides is 3.